The molecule has 0 spiro atoms. The molecule has 2 rings (SSSR count). The van der Waals surface area contributed by atoms with Crippen LogP contribution in [0.3, 0.4) is 0 Å². The number of rotatable bonds is 6. The summed E-state index contributed by atoms with van der Waals surface area (Å²) in [6, 6.07) is 0. The van der Waals surface area contributed by atoms with E-state index in [2.05, 4.69) is 18.7 Å². The van der Waals surface area contributed by atoms with E-state index in [-0.39, 0.29) is 0 Å². The molecule has 0 aromatic rings. The van der Waals surface area contributed by atoms with Crippen LogP contribution in [-0.4, -0.2) is 7.11 Å². The van der Waals surface area contributed by atoms with Crippen LogP contribution in [0.1, 0.15) is 64.2 Å². The van der Waals surface area contributed by atoms with Gasteiger partial charge in [0.05, 0.1) is 13.4 Å². The van der Waals surface area contributed by atoms with Gasteiger partial charge in [-0.25, -0.2) is 0 Å². The van der Waals surface area contributed by atoms with Crippen LogP contribution < -0.4 is 0 Å². The van der Waals surface area contributed by atoms with E-state index < -0.39 is 0 Å². The van der Waals surface area contributed by atoms with Gasteiger partial charge in [0.2, 0.25) is 0 Å². The smallest absolute Gasteiger partial charge is 0.0787 e. The fourth-order valence-corrected chi connectivity index (χ4v) is 4.30. The maximum Gasteiger partial charge on any atom is 0.0787 e. The molecule has 0 bridgehead atoms. The molecule has 2 aliphatic carbocycles. The van der Waals surface area contributed by atoms with E-state index in [4.69, 9.17) is 4.74 Å². The quantitative estimate of drug-likeness (QED) is 0.445. The summed E-state index contributed by atoms with van der Waals surface area (Å²) in [5.41, 5.74) is 0. The van der Waals surface area contributed by atoms with E-state index >= 15 is 0 Å². The molecule has 1 heteroatoms. The number of hydrogen-bond acceptors (Lipinski definition) is 1. The van der Waals surface area contributed by atoms with Crippen molar-refractivity contribution in [2.45, 2.75) is 64.2 Å². The molecule has 2 aliphatic rings. The van der Waals surface area contributed by atoms with Gasteiger partial charge in [-0.15, -0.1) is 6.58 Å². The van der Waals surface area contributed by atoms with E-state index in [0.717, 1.165) is 23.7 Å². The summed E-state index contributed by atoms with van der Waals surface area (Å²) in [5.74, 6) is 3.81. The molecule has 2 saturated carbocycles. The standard InChI is InChI=1S/C19H32O/c1-3-4-5-16-6-10-18(11-7-16)19-12-8-17(9-13-19)14-15-20-2/h3,14-19H,1,4-13H2,2H3. The third-order valence-corrected chi connectivity index (χ3v) is 5.64. The number of allylic oxidation sites excluding steroid dienone is 2. The third kappa shape index (κ3) is 4.68. The predicted octanol–water partition coefficient (Wildman–Crippen LogP) is 5.73. The number of methoxy groups -OCH3 is 1. The van der Waals surface area contributed by atoms with E-state index in [1.165, 1.54) is 64.2 Å². The van der Waals surface area contributed by atoms with Crippen LogP contribution >= 0.6 is 0 Å². The van der Waals surface area contributed by atoms with Crippen LogP contribution in [0.5, 0.6) is 0 Å². The summed E-state index contributed by atoms with van der Waals surface area (Å²) in [6.07, 6.45) is 20.4. The molecule has 0 aliphatic heterocycles. The molecular formula is C19H32O. The van der Waals surface area contributed by atoms with Gasteiger partial charge in [-0.1, -0.05) is 18.9 Å². The molecule has 2 fully saturated rings. The molecule has 0 N–H and O–H groups in total. The van der Waals surface area contributed by atoms with Gasteiger partial charge in [-0.05, 0) is 81.1 Å². The average Bonchev–Trinajstić information content (AvgIpc) is 2.52. The Morgan fingerprint density at radius 2 is 1.55 bits per heavy atom. The SMILES string of the molecule is C=CCCC1CCC(C2CCC(C=COC)CC2)CC1. The van der Waals surface area contributed by atoms with Crippen molar-refractivity contribution in [2.24, 2.45) is 23.7 Å². The lowest BCUT2D eigenvalue weighted by Gasteiger charge is -2.37. The fourth-order valence-electron chi connectivity index (χ4n) is 4.30. The number of hydrogen-bond donors (Lipinski definition) is 0. The molecule has 0 aromatic heterocycles. The van der Waals surface area contributed by atoms with E-state index in [1.807, 2.05) is 6.26 Å². The monoisotopic (exact) mass is 276 g/mol. The Kier molecular flexibility index (Phi) is 6.69. The fraction of sp³-hybridized carbons (Fsp3) is 0.789. The van der Waals surface area contributed by atoms with E-state index in [1.54, 1.807) is 7.11 Å². The van der Waals surface area contributed by atoms with Crippen LogP contribution in [0.15, 0.2) is 25.0 Å². The van der Waals surface area contributed by atoms with Crippen molar-refractivity contribution >= 4 is 0 Å². The lowest BCUT2D eigenvalue weighted by Crippen LogP contribution is -2.25. The molecular weight excluding hydrogens is 244 g/mol. The largest absolute Gasteiger partial charge is 0.505 e. The zero-order chi connectivity index (χ0) is 14.2. The second-order valence-corrected chi connectivity index (χ2v) is 6.89. The van der Waals surface area contributed by atoms with Gasteiger partial charge < -0.3 is 4.74 Å². The Bertz CT molecular complexity index is 291. The van der Waals surface area contributed by atoms with Crippen molar-refractivity contribution < 1.29 is 4.74 Å². The normalized spacial score (nSPS) is 35.0. The van der Waals surface area contributed by atoms with Crippen LogP contribution in [0.4, 0.5) is 0 Å². The van der Waals surface area contributed by atoms with Gasteiger partial charge in [0, 0.05) is 0 Å². The van der Waals surface area contributed by atoms with E-state index in [0.29, 0.717) is 0 Å². The van der Waals surface area contributed by atoms with Crippen molar-refractivity contribution in [1.82, 2.24) is 0 Å². The van der Waals surface area contributed by atoms with Crippen molar-refractivity contribution in [2.75, 3.05) is 7.11 Å². The van der Waals surface area contributed by atoms with Gasteiger partial charge in [-0.3, -0.25) is 0 Å². The highest BCUT2D eigenvalue weighted by molar-refractivity contribution is 4.89. The average molecular weight is 276 g/mol. The minimum atomic E-state index is 0.773. The molecule has 114 valence electrons. The van der Waals surface area contributed by atoms with Gasteiger partial charge in [0.15, 0.2) is 0 Å². The molecule has 20 heavy (non-hydrogen) atoms. The molecule has 0 heterocycles. The highest BCUT2D eigenvalue weighted by atomic mass is 16.5. The summed E-state index contributed by atoms with van der Waals surface area (Å²) in [7, 11) is 1.74. The van der Waals surface area contributed by atoms with E-state index in [9.17, 15) is 0 Å². The minimum Gasteiger partial charge on any atom is -0.505 e. The summed E-state index contributed by atoms with van der Waals surface area (Å²) >= 11 is 0. The second-order valence-electron chi connectivity index (χ2n) is 6.89. The van der Waals surface area contributed by atoms with Crippen molar-refractivity contribution in [3.8, 4) is 0 Å². The molecule has 1 nitrogen and oxygen atoms in total. The molecule has 0 saturated heterocycles. The number of ether oxygens (including phenoxy) is 1. The maximum atomic E-state index is 5.04. The van der Waals surface area contributed by atoms with Gasteiger partial charge in [-0.2, -0.15) is 0 Å². The Morgan fingerprint density at radius 3 is 2.10 bits per heavy atom. The van der Waals surface area contributed by atoms with Crippen LogP contribution in [-0.2, 0) is 4.74 Å². The highest BCUT2D eigenvalue weighted by Crippen LogP contribution is 2.42. The lowest BCUT2D eigenvalue weighted by atomic mass is 9.69. The van der Waals surface area contributed by atoms with Gasteiger partial charge in [0.1, 0.15) is 0 Å². The third-order valence-electron chi connectivity index (χ3n) is 5.64. The first-order chi connectivity index (χ1) is 9.83. The summed E-state index contributed by atoms with van der Waals surface area (Å²) in [6.45, 7) is 3.85. The first-order valence-electron chi connectivity index (χ1n) is 8.63. The van der Waals surface area contributed by atoms with Gasteiger partial charge >= 0.3 is 0 Å². The molecule has 0 unspecified atom stereocenters. The predicted molar refractivity (Wildman–Crippen MR) is 86.5 cm³/mol. The zero-order valence-electron chi connectivity index (χ0n) is 13.2. The molecule has 0 amide bonds. The minimum absolute atomic E-state index is 0.773. The molecule has 0 atom stereocenters. The topological polar surface area (TPSA) is 9.23 Å². The van der Waals surface area contributed by atoms with Crippen LogP contribution in [0, 0.1) is 23.7 Å². The Labute approximate surface area is 125 Å². The van der Waals surface area contributed by atoms with Crippen LogP contribution in [0.2, 0.25) is 0 Å². The van der Waals surface area contributed by atoms with Crippen molar-refractivity contribution in [1.29, 1.82) is 0 Å². The first-order valence-corrected chi connectivity index (χ1v) is 8.63. The lowest BCUT2D eigenvalue weighted by molar-refractivity contribution is 0.152. The summed E-state index contributed by atoms with van der Waals surface area (Å²) < 4.78 is 5.04. The van der Waals surface area contributed by atoms with Crippen molar-refractivity contribution in [3.63, 3.8) is 0 Å². The summed E-state index contributed by atoms with van der Waals surface area (Å²) in [4.78, 5) is 0. The highest BCUT2D eigenvalue weighted by Gasteiger charge is 2.30. The Hall–Kier alpha value is -0.720. The molecule has 0 radical (unpaired) electrons. The maximum absolute atomic E-state index is 5.04. The Balaban J connectivity index is 1.67. The van der Waals surface area contributed by atoms with Gasteiger partial charge in [0.25, 0.3) is 0 Å². The second kappa shape index (κ2) is 8.54. The summed E-state index contributed by atoms with van der Waals surface area (Å²) in [5, 5.41) is 0. The molecule has 0 aromatic carbocycles. The Morgan fingerprint density at radius 1 is 0.950 bits per heavy atom. The first kappa shape index (κ1) is 15.7. The van der Waals surface area contributed by atoms with Crippen molar-refractivity contribution in [3.05, 3.63) is 25.0 Å². The van der Waals surface area contributed by atoms with Crippen LogP contribution in [0.25, 0.3) is 0 Å². The zero-order valence-corrected chi connectivity index (χ0v) is 13.2.